The first-order valence-corrected chi connectivity index (χ1v) is 8.20. The second-order valence-electron chi connectivity index (χ2n) is 4.67. The Morgan fingerprint density at radius 2 is 2.00 bits per heavy atom. The Kier molecular flexibility index (Phi) is 4.64. The quantitative estimate of drug-likeness (QED) is 0.698. The molecule has 3 aromatic rings. The molecule has 0 atom stereocenters. The van der Waals surface area contributed by atoms with E-state index in [9.17, 15) is 4.79 Å². The van der Waals surface area contributed by atoms with Gasteiger partial charge in [-0.3, -0.25) is 5.32 Å². The minimum absolute atomic E-state index is 0.348. The van der Waals surface area contributed by atoms with E-state index < -0.39 is 0 Å². The first-order chi connectivity index (χ1) is 11.1. The predicted molar refractivity (Wildman–Crippen MR) is 94.9 cm³/mol. The summed E-state index contributed by atoms with van der Waals surface area (Å²) in [6.45, 7) is 2.53. The zero-order valence-electron chi connectivity index (χ0n) is 12.3. The number of anilines is 2. The third-order valence-electron chi connectivity index (χ3n) is 2.99. The number of nitrogens with zero attached hydrogens (tertiary/aromatic N) is 1. The number of urea groups is 1. The molecule has 1 aromatic heterocycles. The highest BCUT2D eigenvalue weighted by Crippen LogP contribution is 2.28. The highest BCUT2D eigenvalue weighted by Gasteiger charge is 2.08. The highest BCUT2D eigenvalue weighted by molar-refractivity contribution is 7.22. The predicted octanol–water partition coefficient (Wildman–Crippen LogP) is 4.99. The number of nitrogens with one attached hydrogen (secondary N) is 2. The maximum atomic E-state index is 12.0. The number of halogens is 1. The van der Waals surface area contributed by atoms with E-state index in [0.29, 0.717) is 22.4 Å². The van der Waals surface area contributed by atoms with Gasteiger partial charge in [-0.05, 0) is 49.4 Å². The third kappa shape index (κ3) is 3.91. The van der Waals surface area contributed by atoms with Crippen LogP contribution in [0.15, 0.2) is 42.5 Å². The number of carbonyl (C=O) groups excluding carboxylic acids is 1. The van der Waals surface area contributed by atoms with Gasteiger partial charge in [0.2, 0.25) is 0 Å². The largest absolute Gasteiger partial charge is 0.494 e. The number of benzene rings is 2. The lowest BCUT2D eigenvalue weighted by atomic mass is 10.3. The van der Waals surface area contributed by atoms with Gasteiger partial charge < -0.3 is 10.1 Å². The van der Waals surface area contributed by atoms with E-state index in [1.54, 1.807) is 30.3 Å². The molecule has 7 heteroatoms. The number of rotatable bonds is 4. The van der Waals surface area contributed by atoms with Gasteiger partial charge in [-0.1, -0.05) is 22.9 Å². The van der Waals surface area contributed by atoms with E-state index >= 15 is 0 Å². The number of carbonyl (C=O) groups is 1. The summed E-state index contributed by atoms with van der Waals surface area (Å²) in [5.74, 6) is 0.765. The summed E-state index contributed by atoms with van der Waals surface area (Å²) < 4.78 is 6.28. The van der Waals surface area contributed by atoms with Crippen LogP contribution in [0.5, 0.6) is 5.75 Å². The molecule has 0 saturated carbocycles. The number of hydrogen-bond acceptors (Lipinski definition) is 4. The van der Waals surface area contributed by atoms with Crippen LogP contribution in [0.3, 0.4) is 0 Å². The maximum Gasteiger partial charge on any atom is 0.325 e. The number of aromatic nitrogens is 1. The van der Waals surface area contributed by atoms with Gasteiger partial charge in [0, 0.05) is 10.7 Å². The van der Waals surface area contributed by atoms with Gasteiger partial charge in [-0.25, -0.2) is 9.78 Å². The summed E-state index contributed by atoms with van der Waals surface area (Å²) >= 11 is 7.32. The van der Waals surface area contributed by atoms with Crippen molar-refractivity contribution in [3.8, 4) is 5.75 Å². The second-order valence-corrected chi connectivity index (χ2v) is 6.13. The molecule has 0 aliphatic carbocycles. The van der Waals surface area contributed by atoms with Crippen LogP contribution in [-0.4, -0.2) is 17.6 Å². The fourth-order valence-corrected chi connectivity index (χ4v) is 3.15. The summed E-state index contributed by atoms with van der Waals surface area (Å²) in [6, 6.07) is 12.2. The minimum atomic E-state index is -0.348. The van der Waals surface area contributed by atoms with Gasteiger partial charge in [-0.2, -0.15) is 0 Å². The SMILES string of the molecule is CCOc1ccc(NC(=O)Nc2nc3ccc(Cl)cc3s2)cc1. The van der Waals surface area contributed by atoms with E-state index in [4.69, 9.17) is 16.3 Å². The Balaban J connectivity index is 1.65. The molecular weight excluding hydrogens is 334 g/mol. The van der Waals surface area contributed by atoms with Crippen LogP contribution in [0.2, 0.25) is 5.02 Å². The summed E-state index contributed by atoms with van der Waals surface area (Å²) in [5.41, 5.74) is 1.48. The molecule has 3 rings (SSSR count). The summed E-state index contributed by atoms with van der Waals surface area (Å²) in [7, 11) is 0. The van der Waals surface area contributed by atoms with Crippen LogP contribution >= 0.6 is 22.9 Å². The van der Waals surface area contributed by atoms with Crippen molar-refractivity contribution in [1.29, 1.82) is 0 Å². The number of hydrogen-bond donors (Lipinski definition) is 2. The van der Waals surface area contributed by atoms with Crippen LogP contribution in [0, 0.1) is 0 Å². The van der Waals surface area contributed by atoms with Gasteiger partial charge in [0.05, 0.1) is 16.8 Å². The van der Waals surface area contributed by atoms with E-state index in [0.717, 1.165) is 16.0 Å². The molecule has 0 aliphatic heterocycles. The molecule has 0 radical (unpaired) electrons. The molecule has 0 spiro atoms. The van der Waals surface area contributed by atoms with E-state index in [2.05, 4.69) is 15.6 Å². The van der Waals surface area contributed by atoms with Crippen LogP contribution < -0.4 is 15.4 Å². The molecule has 2 aromatic carbocycles. The minimum Gasteiger partial charge on any atom is -0.494 e. The zero-order chi connectivity index (χ0) is 16.2. The first kappa shape index (κ1) is 15.6. The number of thiazole rings is 1. The van der Waals surface area contributed by atoms with Crippen LogP contribution in [0.25, 0.3) is 10.2 Å². The lowest BCUT2D eigenvalue weighted by molar-refractivity contribution is 0.262. The van der Waals surface area contributed by atoms with Gasteiger partial charge in [-0.15, -0.1) is 0 Å². The fourth-order valence-electron chi connectivity index (χ4n) is 2.01. The maximum absolute atomic E-state index is 12.0. The zero-order valence-corrected chi connectivity index (χ0v) is 13.9. The van der Waals surface area contributed by atoms with E-state index in [-0.39, 0.29) is 6.03 Å². The average molecular weight is 348 g/mol. The van der Waals surface area contributed by atoms with Crippen molar-refractivity contribution in [2.75, 3.05) is 17.2 Å². The van der Waals surface area contributed by atoms with Crippen molar-refractivity contribution >= 4 is 50.0 Å². The second kappa shape index (κ2) is 6.85. The van der Waals surface area contributed by atoms with Crippen molar-refractivity contribution in [1.82, 2.24) is 4.98 Å². The van der Waals surface area contributed by atoms with Gasteiger partial charge in [0.1, 0.15) is 5.75 Å². The van der Waals surface area contributed by atoms with Crippen LogP contribution in [0.4, 0.5) is 15.6 Å². The van der Waals surface area contributed by atoms with E-state index in [1.165, 1.54) is 11.3 Å². The van der Waals surface area contributed by atoms with E-state index in [1.807, 2.05) is 19.1 Å². The highest BCUT2D eigenvalue weighted by atomic mass is 35.5. The van der Waals surface area contributed by atoms with Crippen molar-refractivity contribution in [3.63, 3.8) is 0 Å². The van der Waals surface area contributed by atoms with Crippen molar-refractivity contribution in [3.05, 3.63) is 47.5 Å². The smallest absolute Gasteiger partial charge is 0.325 e. The molecule has 23 heavy (non-hydrogen) atoms. The third-order valence-corrected chi connectivity index (χ3v) is 4.16. The Morgan fingerprint density at radius 3 is 2.74 bits per heavy atom. The molecule has 0 unspecified atom stereocenters. The van der Waals surface area contributed by atoms with Crippen molar-refractivity contribution in [2.24, 2.45) is 0 Å². The summed E-state index contributed by atoms with van der Waals surface area (Å²) in [6.07, 6.45) is 0. The van der Waals surface area contributed by atoms with Gasteiger partial charge >= 0.3 is 6.03 Å². The molecule has 118 valence electrons. The molecule has 0 fully saturated rings. The molecule has 0 saturated heterocycles. The van der Waals surface area contributed by atoms with Crippen LogP contribution in [-0.2, 0) is 0 Å². The Bertz CT molecular complexity index is 833. The lowest BCUT2D eigenvalue weighted by Gasteiger charge is -2.07. The average Bonchev–Trinajstić information content (AvgIpc) is 2.90. The van der Waals surface area contributed by atoms with Crippen molar-refractivity contribution in [2.45, 2.75) is 6.92 Å². The molecule has 0 bridgehead atoms. The van der Waals surface area contributed by atoms with Gasteiger partial charge in [0.15, 0.2) is 5.13 Å². The summed E-state index contributed by atoms with van der Waals surface area (Å²) in [4.78, 5) is 16.4. The topological polar surface area (TPSA) is 63.2 Å². The number of ether oxygens (including phenoxy) is 1. The van der Waals surface area contributed by atoms with Crippen molar-refractivity contribution < 1.29 is 9.53 Å². The number of amides is 2. The number of fused-ring (bicyclic) bond motifs is 1. The molecule has 5 nitrogen and oxygen atoms in total. The molecule has 0 aliphatic rings. The molecule has 2 N–H and O–H groups in total. The first-order valence-electron chi connectivity index (χ1n) is 7.01. The molecule has 1 heterocycles. The normalized spacial score (nSPS) is 10.5. The lowest BCUT2D eigenvalue weighted by Crippen LogP contribution is -2.19. The molecule has 2 amide bonds. The Morgan fingerprint density at radius 1 is 1.22 bits per heavy atom. The standard InChI is InChI=1S/C16H14ClN3O2S/c1-2-22-12-6-4-11(5-7-12)18-15(21)20-16-19-13-8-3-10(17)9-14(13)23-16/h3-9H,2H2,1H3,(H2,18,19,20,21). The van der Waals surface area contributed by atoms with Gasteiger partial charge in [0.25, 0.3) is 0 Å². The monoisotopic (exact) mass is 347 g/mol. The van der Waals surface area contributed by atoms with Crippen LogP contribution in [0.1, 0.15) is 6.92 Å². The summed E-state index contributed by atoms with van der Waals surface area (Å²) in [5, 5.41) is 6.64. The fraction of sp³-hybridized carbons (Fsp3) is 0.125. The molecular formula is C16H14ClN3O2S. The Labute approximate surface area is 142 Å². The Hall–Kier alpha value is -2.31.